The molecule has 0 radical (unpaired) electrons. The molecular formula is C25H24N2OS. The highest BCUT2D eigenvalue weighted by Gasteiger charge is 2.44. The first kappa shape index (κ1) is 19.5. The van der Waals surface area contributed by atoms with Gasteiger partial charge in [-0.1, -0.05) is 66.2 Å². The quantitative estimate of drug-likeness (QED) is 0.543. The molecule has 4 rings (SSSR count). The Bertz CT molecular complexity index is 1030. The van der Waals surface area contributed by atoms with Gasteiger partial charge in [-0.05, 0) is 44.2 Å². The first-order chi connectivity index (χ1) is 14.1. The van der Waals surface area contributed by atoms with Gasteiger partial charge >= 0.3 is 0 Å². The number of rotatable bonds is 4. The second kappa shape index (κ2) is 8.27. The van der Waals surface area contributed by atoms with Crippen LogP contribution in [-0.2, 0) is 5.72 Å². The molecule has 29 heavy (non-hydrogen) atoms. The van der Waals surface area contributed by atoms with Gasteiger partial charge in [-0.3, -0.25) is 4.99 Å². The molecule has 1 fully saturated rings. The topological polar surface area (TPSA) is 35.8 Å². The number of aliphatic imine (C=N–C) groups is 1. The predicted octanol–water partition coefficient (Wildman–Crippen LogP) is 6.03. The molecule has 0 aromatic heterocycles. The average molecular weight is 401 g/mol. The first-order valence-corrected chi connectivity index (χ1v) is 10.6. The average Bonchev–Trinajstić information content (AvgIpc) is 3.08. The van der Waals surface area contributed by atoms with Gasteiger partial charge in [0.25, 0.3) is 0 Å². The molecule has 0 amide bonds. The maximum absolute atomic E-state index is 11.7. The summed E-state index contributed by atoms with van der Waals surface area (Å²) in [5.41, 5.74) is 3.77. The molecule has 1 atom stereocenters. The van der Waals surface area contributed by atoms with Crippen LogP contribution in [0, 0.1) is 6.92 Å². The van der Waals surface area contributed by atoms with Crippen LogP contribution in [0.4, 0.5) is 11.4 Å². The van der Waals surface area contributed by atoms with Gasteiger partial charge in [0.2, 0.25) is 0 Å². The second-order valence-electron chi connectivity index (χ2n) is 7.21. The molecule has 4 heteroatoms. The van der Waals surface area contributed by atoms with Crippen molar-refractivity contribution in [2.45, 2.75) is 19.6 Å². The number of nitrogens with zero attached hydrogens (tertiary/aromatic N) is 2. The molecule has 0 unspecified atom stereocenters. The van der Waals surface area contributed by atoms with Gasteiger partial charge in [-0.25, -0.2) is 0 Å². The molecular weight excluding hydrogens is 376 g/mol. The zero-order valence-corrected chi connectivity index (χ0v) is 17.4. The van der Waals surface area contributed by atoms with Gasteiger partial charge < -0.3 is 10.0 Å². The van der Waals surface area contributed by atoms with E-state index >= 15 is 0 Å². The van der Waals surface area contributed by atoms with Crippen molar-refractivity contribution < 1.29 is 5.11 Å². The van der Waals surface area contributed by atoms with Crippen molar-refractivity contribution in [3.05, 3.63) is 107 Å². The zero-order valence-electron chi connectivity index (χ0n) is 16.6. The molecule has 3 aromatic rings. The highest BCUT2D eigenvalue weighted by atomic mass is 32.2. The summed E-state index contributed by atoms with van der Waals surface area (Å²) in [4.78, 5) is 6.75. The molecule has 1 aliphatic heterocycles. The SMILES string of the molecule is CC(/C=C1\SC[C@](O)(c2ccccc2)N1c1ccccc1)=Nc1ccc(C)cc1. The minimum Gasteiger partial charge on any atom is -0.366 e. The number of aliphatic hydroxyl groups is 1. The van der Waals surface area contributed by atoms with Crippen LogP contribution in [0.15, 0.2) is 101 Å². The number of aryl methyl sites for hydroxylation is 1. The molecule has 1 saturated heterocycles. The van der Waals surface area contributed by atoms with Crippen molar-refractivity contribution in [1.29, 1.82) is 0 Å². The molecule has 3 nitrogen and oxygen atoms in total. The number of anilines is 1. The third-order valence-corrected chi connectivity index (χ3v) is 6.08. The van der Waals surface area contributed by atoms with Crippen molar-refractivity contribution >= 4 is 28.8 Å². The standard InChI is InChI=1S/C25H24N2OS/c1-19-13-15-22(16-14-19)26-20(2)17-24-27(23-11-7-4-8-12-23)25(28,18-29-24)21-9-5-3-6-10-21/h3-17,28H,18H2,1-2H3/b24-17-,26-20?/t25-/m0/s1. The predicted molar refractivity (Wildman–Crippen MR) is 124 cm³/mol. The van der Waals surface area contributed by atoms with Crippen molar-refractivity contribution in [2.75, 3.05) is 10.7 Å². The van der Waals surface area contributed by atoms with E-state index < -0.39 is 5.72 Å². The fraction of sp³-hybridized carbons (Fsp3) is 0.160. The summed E-state index contributed by atoms with van der Waals surface area (Å²) in [6, 6.07) is 28.1. The van der Waals surface area contributed by atoms with Crippen molar-refractivity contribution in [1.82, 2.24) is 0 Å². The van der Waals surface area contributed by atoms with Crippen molar-refractivity contribution in [2.24, 2.45) is 4.99 Å². The lowest BCUT2D eigenvalue weighted by atomic mass is 10.0. The Morgan fingerprint density at radius 3 is 2.24 bits per heavy atom. The van der Waals surface area contributed by atoms with Crippen LogP contribution in [-0.4, -0.2) is 16.6 Å². The number of allylic oxidation sites excluding steroid dienone is 1. The minimum absolute atomic E-state index is 0.551. The van der Waals surface area contributed by atoms with Crippen LogP contribution in [0.5, 0.6) is 0 Å². The molecule has 1 N–H and O–H groups in total. The molecule has 0 saturated carbocycles. The Hall–Kier alpha value is -2.82. The highest BCUT2D eigenvalue weighted by molar-refractivity contribution is 8.03. The summed E-state index contributed by atoms with van der Waals surface area (Å²) in [5.74, 6) is 0.551. The smallest absolute Gasteiger partial charge is 0.178 e. The van der Waals surface area contributed by atoms with Gasteiger partial charge in [-0.2, -0.15) is 0 Å². The number of benzene rings is 3. The van der Waals surface area contributed by atoms with Crippen molar-refractivity contribution in [3.63, 3.8) is 0 Å². The number of hydrogen-bond donors (Lipinski definition) is 1. The maximum Gasteiger partial charge on any atom is 0.178 e. The molecule has 0 bridgehead atoms. The van der Waals surface area contributed by atoms with Gasteiger partial charge in [0, 0.05) is 17.0 Å². The van der Waals surface area contributed by atoms with Crippen LogP contribution >= 0.6 is 11.8 Å². The van der Waals surface area contributed by atoms with E-state index in [2.05, 4.69) is 25.1 Å². The van der Waals surface area contributed by atoms with E-state index in [1.807, 2.05) is 84.6 Å². The van der Waals surface area contributed by atoms with Crippen LogP contribution in [0.25, 0.3) is 0 Å². The van der Waals surface area contributed by atoms with Gasteiger partial charge in [0.15, 0.2) is 5.72 Å². The normalized spacial score (nSPS) is 21.0. The zero-order chi connectivity index (χ0) is 20.3. The molecule has 0 spiro atoms. The van der Waals surface area contributed by atoms with E-state index in [9.17, 15) is 5.11 Å². The summed E-state index contributed by atoms with van der Waals surface area (Å²) >= 11 is 1.64. The lowest BCUT2D eigenvalue weighted by molar-refractivity contribution is 0.0721. The van der Waals surface area contributed by atoms with E-state index in [1.54, 1.807) is 11.8 Å². The molecule has 3 aromatic carbocycles. The summed E-state index contributed by atoms with van der Waals surface area (Å²) in [6.07, 6.45) is 2.05. The highest BCUT2D eigenvalue weighted by Crippen LogP contribution is 2.47. The van der Waals surface area contributed by atoms with E-state index in [1.165, 1.54) is 5.56 Å². The van der Waals surface area contributed by atoms with Gasteiger partial charge in [0.05, 0.1) is 16.5 Å². The number of hydrogen-bond acceptors (Lipinski definition) is 4. The molecule has 146 valence electrons. The fourth-order valence-corrected chi connectivity index (χ4v) is 4.75. The third kappa shape index (κ3) is 4.14. The monoisotopic (exact) mass is 400 g/mol. The summed E-state index contributed by atoms with van der Waals surface area (Å²) in [6.45, 7) is 4.07. The molecule has 1 heterocycles. The van der Waals surface area contributed by atoms with Crippen molar-refractivity contribution in [3.8, 4) is 0 Å². The summed E-state index contributed by atoms with van der Waals surface area (Å²) in [7, 11) is 0. The van der Waals surface area contributed by atoms with Crippen LogP contribution in [0.3, 0.4) is 0 Å². The van der Waals surface area contributed by atoms with Gasteiger partial charge in [-0.15, -0.1) is 11.8 Å². The number of para-hydroxylation sites is 1. The van der Waals surface area contributed by atoms with Gasteiger partial charge in [0.1, 0.15) is 0 Å². The Labute approximate surface area is 176 Å². The summed E-state index contributed by atoms with van der Waals surface area (Å²) < 4.78 is 0. The summed E-state index contributed by atoms with van der Waals surface area (Å²) in [5, 5.41) is 12.7. The second-order valence-corrected chi connectivity index (χ2v) is 8.21. The maximum atomic E-state index is 11.7. The molecule has 0 aliphatic carbocycles. The van der Waals surface area contributed by atoms with E-state index in [4.69, 9.17) is 4.99 Å². The lowest BCUT2D eigenvalue weighted by Gasteiger charge is -2.35. The van der Waals surface area contributed by atoms with Crippen LogP contribution in [0.2, 0.25) is 0 Å². The molecule has 1 aliphatic rings. The van der Waals surface area contributed by atoms with Crippen LogP contribution < -0.4 is 4.90 Å². The Kier molecular flexibility index (Phi) is 5.56. The van der Waals surface area contributed by atoms with E-state index in [0.717, 1.165) is 27.7 Å². The number of thioether (sulfide) groups is 1. The Balaban J connectivity index is 1.74. The minimum atomic E-state index is -1.11. The van der Waals surface area contributed by atoms with E-state index in [0.29, 0.717) is 5.75 Å². The lowest BCUT2D eigenvalue weighted by Crippen LogP contribution is -2.42. The fourth-order valence-electron chi connectivity index (χ4n) is 3.46. The largest absolute Gasteiger partial charge is 0.366 e. The third-order valence-electron chi connectivity index (χ3n) is 4.93. The van der Waals surface area contributed by atoms with Crippen LogP contribution in [0.1, 0.15) is 18.1 Å². The Morgan fingerprint density at radius 1 is 0.966 bits per heavy atom. The first-order valence-electron chi connectivity index (χ1n) is 9.66. The van der Waals surface area contributed by atoms with E-state index in [-0.39, 0.29) is 0 Å². The Morgan fingerprint density at radius 2 is 1.59 bits per heavy atom.